The summed E-state index contributed by atoms with van der Waals surface area (Å²) in [5.41, 5.74) is 4.99. The maximum atomic E-state index is 5.95. The van der Waals surface area contributed by atoms with Crippen molar-refractivity contribution in [3.05, 3.63) is 58.7 Å². The van der Waals surface area contributed by atoms with Gasteiger partial charge in [0.15, 0.2) is 0 Å². The number of halogens is 1. The van der Waals surface area contributed by atoms with E-state index in [1.54, 1.807) is 0 Å². The molecule has 1 atom stereocenters. The molecule has 0 amide bonds. The molecular weight excluding hydrogens is 256 g/mol. The molecule has 0 saturated heterocycles. The Bertz CT molecular complexity index is 595. The molecule has 19 heavy (non-hydrogen) atoms. The summed E-state index contributed by atoms with van der Waals surface area (Å²) >= 11 is 5.95. The summed E-state index contributed by atoms with van der Waals surface area (Å²) < 4.78 is 0. The number of benzene rings is 1. The SMILES string of the molecule is CCCc1nc(C2Cc3ccccc32)ncc1CCl. The van der Waals surface area contributed by atoms with E-state index in [1.807, 2.05) is 6.20 Å². The van der Waals surface area contributed by atoms with Crippen LogP contribution in [0.25, 0.3) is 0 Å². The van der Waals surface area contributed by atoms with Gasteiger partial charge in [0.25, 0.3) is 0 Å². The number of aryl methyl sites for hydroxylation is 1. The Kier molecular flexibility index (Phi) is 3.52. The minimum absolute atomic E-state index is 0.371. The Labute approximate surface area is 118 Å². The van der Waals surface area contributed by atoms with Gasteiger partial charge >= 0.3 is 0 Å². The monoisotopic (exact) mass is 272 g/mol. The molecule has 3 rings (SSSR count). The van der Waals surface area contributed by atoms with Gasteiger partial charge in [0.1, 0.15) is 5.82 Å². The lowest BCUT2D eigenvalue weighted by molar-refractivity contribution is 0.649. The maximum absolute atomic E-state index is 5.95. The van der Waals surface area contributed by atoms with Crippen LogP contribution in [0.2, 0.25) is 0 Å². The zero-order chi connectivity index (χ0) is 13.2. The number of aromatic nitrogens is 2. The van der Waals surface area contributed by atoms with Crippen molar-refractivity contribution in [3.63, 3.8) is 0 Å². The minimum atomic E-state index is 0.371. The first-order valence-corrected chi connectivity index (χ1v) is 7.35. The predicted octanol–water partition coefficient (Wildman–Crippen LogP) is 3.86. The van der Waals surface area contributed by atoms with Crippen LogP contribution in [0.4, 0.5) is 0 Å². The molecule has 0 radical (unpaired) electrons. The predicted molar refractivity (Wildman–Crippen MR) is 77.6 cm³/mol. The van der Waals surface area contributed by atoms with Crippen molar-refractivity contribution in [2.45, 2.75) is 38.0 Å². The van der Waals surface area contributed by atoms with Crippen molar-refractivity contribution in [3.8, 4) is 0 Å². The second-order valence-corrected chi connectivity index (χ2v) is 5.31. The lowest BCUT2D eigenvalue weighted by atomic mass is 9.77. The molecule has 0 N–H and O–H groups in total. The van der Waals surface area contributed by atoms with E-state index in [9.17, 15) is 0 Å². The highest BCUT2D eigenvalue weighted by Crippen LogP contribution is 2.38. The van der Waals surface area contributed by atoms with Crippen molar-refractivity contribution >= 4 is 11.6 Å². The third-order valence-electron chi connectivity index (χ3n) is 3.77. The van der Waals surface area contributed by atoms with E-state index in [2.05, 4.69) is 36.2 Å². The molecule has 2 aromatic rings. The molecule has 0 saturated carbocycles. The smallest absolute Gasteiger partial charge is 0.136 e. The highest BCUT2D eigenvalue weighted by atomic mass is 35.5. The molecule has 0 fully saturated rings. The summed E-state index contributed by atoms with van der Waals surface area (Å²) in [5.74, 6) is 1.82. The van der Waals surface area contributed by atoms with Crippen LogP contribution >= 0.6 is 11.6 Å². The van der Waals surface area contributed by atoms with Crippen molar-refractivity contribution in [2.24, 2.45) is 0 Å². The van der Waals surface area contributed by atoms with E-state index in [4.69, 9.17) is 16.6 Å². The summed E-state index contributed by atoms with van der Waals surface area (Å²) in [6.07, 6.45) is 5.02. The Morgan fingerprint density at radius 1 is 1.32 bits per heavy atom. The third kappa shape index (κ3) is 2.25. The first kappa shape index (κ1) is 12.6. The molecular formula is C16H17ClN2. The van der Waals surface area contributed by atoms with Crippen molar-refractivity contribution in [2.75, 3.05) is 0 Å². The average molecular weight is 273 g/mol. The Balaban J connectivity index is 1.93. The molecule has 0 aliphatic heterocycles. The Hall–Kier alpha value is -1.41. The van der Waals surface area contributed by atoms with Gasteiger partial charge in [-0.3, -0.25) is 0 Å². The van der Waals surface area contributed by atoms with Crippen molar-refractivity contribution < 1.29 is 0 Å². The second-order valence-electron chi connectivity index (χ2n) is 5.04. The first-order chi connectivity index (χ1) is 9.33. The summed E-state index contributed by atoms with van der Waals surface area (Å²) in [6.45, 7) is 2.17. The molecule has 2 nitrogen and oxygen atoms in total. The van der Waals surface area contributed by atoms with Crippen LogP contribution in [0.5, 0.6) is 0 Å². The van der Waals surface area contributed by atoms with Crippen LogP contribution in [0.1, 0.15) is 47.5 Å². The van der Waals surface area contributed by atoms with Crippen LogP contribution in [-0.2, 0) is 18.7 Å². The number of fused-ring (bicyclic) bond motifs is 1. The lowest BCUT2D eigenvalue weighted by Gasteiger charge is -2.29. The van der Waals surface area contributed by atoms with Crippen LogP contribution < -0.4 is 0 Å². The van der Waals surface area contributed by atoms with Gasteiger partial charge in [-0.15, -0.1) is 11.6 Å². The first-order valence-electron chi connectivity index (χ1n) is 6.82. The topological polar surface area (TPSA) is 25.8 Å². The van der Waals surface area contributed by atoms with Crippen LogP contribution in [0, 0.1) is 0 Å². The van der Waals surface area contributed by atoms with Crippen LogP contribution in [0.3, 0.4) is 0 Å². The van der Waals surface area contributed by atoms with Gasteiger partial charge in [-0.05, 0) is 24.0 Å². The fraction of sp³-hybridized carbons (Fsp3) is 0.375. The zero-order valence-electron chi connectivity index (χ0n) is 11.1. The van der Waals surface area contributed by atoms with E-state index >= 15 is 0 Å². The quantitative estimate of drug-likeness (QED) is 0.790. The molecule has 1 aromatic carbocycles. The van der Waals surface area contributed by atoms with Gasteiger partial charge in [0, 0.05) is 23.4 Å². The molecule has 1 aliphatic rings. The fourth-order valence-corrected chi connectivity index (χ4v) is 2.90. The van der Waals surface area contributed by atoms with Gasteiger partial charge in [-0.25, -0.2) is 9.97 Å². The molecule has 0 spiro atoms. The normalized spacial score (nSPS) is 16.8. The summed E-state index contributed by atoms with van der Waals surface area (Å²) in [5, 5.41) is 0. The average Bonchev–Trinajstić information content (AvgIpc) is 2.41. The van der Waals surface area contributed by atoms with Crippen LogP contribution in [-0.4, -0.2) is 9.97 Å². The Morgan fingerprint density at radius 3 is 2.89 bits per heavy atom. The Morgan fingerprint density at radius 2 is 2.16 bits per heavy atom. The molecule has 1 heterocycles. The molecule has 1 aliphatic carbocycles. The van der Waals surface area contributed by atoms with E-state index in [0.717, 1.165) is 36.3 Å². The number of nitrogens with zero attached hydrogens (tertiary/aromatic N) is 2. The number of rotatable bonds is 4. The van der Waals surface area contributed by atoms with Gasteiger partial charge in [-0.1, -0.05) is 37.6 Å². The minimum Gasteiger partial charge on any atom is -0.240 e. The highest BCUT2D eigenvalue weighted by Gasteiger charge is 2.29. The standard InChI is InChI=1S/C16H17ClN2/c1-2-5-15-12(9-17)10-18-16(19-15)14-8-11-6-3-4-7-13(11)14/h3-4,6-7,10,14H,2,5,8-9H2,1H3. The third-order valence-corrected chi connectivity index (χ3v) is 4.06. The van der Waals surface area contributed by atoms with Crippen molar-refractivity contribution in [1.29, 1.82) is 0 Å². The number of alkyl halides is 1. The molecule has 3 heteroatoms. The number of hydrogen-bond acceptors (Lipinski definition) is 2. The van der Waals surface area contributed by atoms with Gasteiger partial charge in [0.05, 0.1) is 5.88 Å². The molecule has 0 bridgehead atoms. The summed E-state index contributed by atoms with van der Waals surface area (Å²) in [7, 11) is 0. The van der Waals surface area contributed by atoms with Gasteiger partial charge in [0.2, 0.25) is 0 Å². The fourth-order valence-electron chi connectivity index (χ4n) is 2.68. The van der Waals surface area contributed by atoms with Gasteiger partial charge in [-0.2, -0.15) is 0 Å². The van der Waals surface area contributed by atoms with E-state index in [0.29, 0.717) is 11.8 Å². The zero-order valence-corrected chi connectivity index (χ0v) is 11.8. The lowest BCUT2D eigenvalue weighted by Crippen LogP contribution is -2.21. The summed E-state index contributed by atoms with van der Waals surface area (Å²) in [4.78, 5) is 9.28. The molecule has 1 aromatic heterocycles. The van der Waals surface area contributed by atoms with E-state index < -0.39 is 0 Å². The number of hydrogen-bond donors (Lipinski definition) is 0. The highest BCUT2D eigenvalue weighted by molar-refractivity contribution is 6.17. The second kappa shape index (κ2) is 5.30. The molecule has 98 valence electrons. The van der Waals surface area contributed by atoms with Gasteiger partial charge < -0.3 is 0 Å². The maximum Gasteiger partial charge on any atom is 0.136 e. The van der Waals surface area contributed by atoms with Crippen molar-refractivity contribution in [1.82, 2.24) is 9.97 Å². The van der Waals surface area contributed by atoms with E-state index in [-0.39, 0.29) is 0 Å². The summed E-state index contributed by atoms with van der Waals surface area (Å²) in [6, 6.07) is 8.55. The molecule has 1 unspecified atom stereocenters. The van der Waals surface area contributed by atoms with Crippen LogP contribution in [0.15, 0.2) is 30.5 Å². The largest absolute Gasteiger partial charge is 0.240 e. The van der Waals surface area contributed by atoms with E-state index in [1.165, 1.54) is 11.1 Å².